The molecule has 0 atom stereocenters. The highest BCUT2D eigenvalue weighted by Crippen LogP contribution is 2.15. The Kier molecular flexibility index (Phi) is 3.75. The van der Waals surface area contributed by atoms with E-state index in [1.807, 2.05) is 25.1 Å². The molecule has 0 aromatic heterocycles. The summed E-state index contributed by atoms with van der Waals surface area (Å²) in [5.74, 6) is 6.48. The molecule has 14 heavy (non-hydrogen) atoms. The summed E-state index contributed by atoms with van der Waals surface area (Å²) in [4.78, 5) is 10.1. The summed E-state index contributed by atoms with van der Waals surface area (Å²) in [5, 5.41) is 0. The molecule has 0 unspecified atom stereocenters. The van der Waals surface area contributed by atoms with Gasteiger partial charge in [-0.1, -0.05) is 17.9 Å². The van der Waals surface area contributed by atoms with Crippen LogP contribution in [0.5, 0.6) is 5.75 Å². The highest BCUT2D eigenvalue weighted by molar-refractivity contribution is 5.55. The van der Waals surface area contributed by atoms with Crippen LogP contribution in [-0.2, 0) is 4.79 Å². The van der Waals surface area contributed by atoms with Crippen molar-refractivity contribution in [3.63, 3.8) is 0 Å². The number of carbonyl (C=O) groups is 1. The van der Waals surface area contributed by atoms with E-state index in [4.69, 9.17) is 4.74 Å². The fraction of sp³-hybridized carbons (Fsp3) is 0.250. The quantitative estimate of drug-likeness (QED) is 0.523. The number of methoxy groups -OCH3 is 1. The molecule has 0 spiro atoms. The monoisotopic (exact) mass is 188 g/mol. The molecule has 0 N–H and O–H groups in total. The summed E-state index contributed by atoms with van der Waals surface area (Å²) in [5.41, 5.74) is 2.00. The second-order valence-electron chi connectivity index (χ2n) is 2.85. The third-order valence-corrected chi connectivity index (χ3v) is 1.85. The fourth-order valence-corrected chi connectivity index (χ4v) is 1.05. The number of benzene rings is 1. The van der Waals surface area contributed by atoms with Crippen LogP contribution in [0.15, 0.2) is 18.2 Å². The van der Waals surface area contributed by atoms with Crippen LogP contribution in [0.4, 0.5) is 0 Å². The molecule has 2 heteroatoms. The van der Waals surface area contributed by atoms with Crippen molar-refractivity contribution in [1.29, 1.82) is 0 Å². The van der Waals surface area contributed by atoms with Crippen molar-refractivity contribution < 1.29 is 9.53 Å². The topological polar surface area (TPSA) is 26.3 Å². The highest BCUT2D eigenvalue weighted by atomic mass is 16.5. The van der Waals surface area contributed by atoms with E-state index in [-0.39, 0.29) is 6.42 Å². The molecule has 0 amide bonds. The van der Waals surface area contributed by atoms with Crippen molar-refractivity contribution in [2.45, 2.75) is 13.3 Å². The first-order valence-corrected chi connectivity index (χ1v) is 4.35. The van der Waals surface area contributed by atoms with Crippen molar-refractivity contribution in [3.8, 4) is 17.6 Å². The number of carbonyl (C=O) groups excluding carboxylic acids is 1. The summed E-state index contributed by atoms with van der Waals surface area (Å²) in [6.45, 7) is 1.98. The maximum absolute atomic E-state index is 10.1. The summed E-state index contributed by atoms with van der Waals surface area (Å²) in [7, 11) is 1.62. The Hall–Kier alpha value is -1.75. The van der Waals surface area contributed by atoms with Gasteiger partial charge in [0, 0.05) is 5.56 Å². The van der Waals surface area contributed by atoms with Crippen LogP contribution in [0.25, 0.3) is 0 Å². The maximum Gasteiger partial charge on any atom is 0.131 e. The zero-order valence-electron chi connectivity index (χ0n) is 8.33. The van der Waals surface area contributed by atoms with E-state index >= 15 is 0 Å². The van der Waals surface area contributed by atoms with Gasteiger partial charge < -0.3 is 9.53 Å². The predicted molar refractivity (Wildman–Crippen MR) is 55.3 cm³/mol. The molecule has 0 saturated carbocycles. The fourth-order valence-electron chi connectivity index (χ4n) is 1.05. The molecule has 0 bridgehead atoms. The Morgan fingerprint density at radius 1 is 1.50 bits per heavy atom. The lowest BCUT2D eigenvalue weighted by molar-refractivity contribution is -0.107. The van der Waals surface area contributed by atoms with Gasteiger partial charge in [-0.3, -0.25) is 0 Å². The smallest absolute Gasteiger partial charge is 0.131 e. The average molecular weight is 188 g/mol. The lowest BCUT2D eigenvalue weighted by Crippen LogP contribution is -1.86. The van der Waals surface area contributed by atoms with Crippen LogP contribution in [0.2, 0.25) is 0 Å². The molecule has 0 saturated heterocycles. The van der Waals surface area contributed by atoms with E-state index in [1.165, 1.54) is 0 Å². The van der Waals surface area contributed by atoms with Crippen LogP contribution < -0.4 is 4.74 Å². The SMILES string of the molecule is COc1ccc(C)c(C#CCC=O)c1. The number of aryl methyl sites for hydroxylation is 1. The van der Waals surface area contributed by atoms with E-state index in [1.54, 1.807) is 7.11 Å². The van der Waals surface area contributed by atoms with Gasteiger partial charge in [0.15, 0.2) is 0 Å². The van der Waals surface area contributed by atoms with Crippen LogP contribution in [0, 0.1) is 18.8 Å². The average Bonchev–Trinajstić information content (AvgIpc) is 2.21. The van der Waals surface area contributed by atoms with Crippen LogP contribution in [-0.4, -0.2) is 13.4 Å². The van der Waals surface area contributed by atoms with E-state index in [0.29, 0.717) is 0 Å². The van der Waals surface area contributed by atoms with Gasteiger partial charge in [0.2, 0.25) is 0 Å². The van der Waals surface area contributed by atoms with Crippen LogP contribution >= 0.6 is 0 Å². The standard InChI is InChI=1S/C12H12O2/c1-10-6-7-12(14-2)9-11(10)5-3-4-8-13/h6-9H,4H2,1-2H3. The Morgan fingerprint density at radius 2 is 2.29 bits per heavy atom. The van der Waals surface area contributed by atoms with E-state index in [0.717, 1.165) is 23.2 Å². The minimum absolute atomic E-state index is 0.274. The molecule has 0 aliphatic carbocycles. The molecule has 0 fully saturated rings. The lowest BCUT2D eigenvalue weighted by atomic mass is 10.1. The van der Waals surface area contributed by atoms with Gasteiger partial charge >= 0.3 is 0 Å². The van der Waals surface area contributed by atoms with Crippen molar-refractivity contribution in [1.82, 2.24) is 0 Å². The van der Waals surface area contributed by atoms with E-state index in [9.17, 15) is 4.79 Å². The van der Waals surface area contributed by atoms with Crippen molar-refractivity contribution in [3.05, 3.63) is 29.3 Å². The molecule has 72 valence electrons. The molecule has 0 heterocycles. The van der Waals surface area contributed by atoms with Crippen LogP contribution in [0.1, 0.15) is 17.5 Å². The van der Waals surface area contributed by atoms with Gasteiger partial charge in [-0.15, -0.1) is 0 Å². The third-order valence-electron chi connectivity index (χ3n) is 1.85. The number of hydrogen-bond acceptors (Lipinski definition) is 2. The second kappa shape index (κ2) is 5.08. The lowest BCUT2D eigenvalue weighted by Gasteiger charge is -2.02. The molecular weight excluding hydrogens is 176 g/mol. The zero-order chi connectivity index (χ0) is 10.4. The molecule has 0 aliphatic heterocycles. The van der Waals surface area contributed by atoms with Gasteiger partial charge in [0.25, 0.3) is 0 Å². The van der Waals surface area contributed by atoms with Gasteiger partial charge in [0.1, 0.15) is 12.0 Å². The molecule has 1 rings (SSSR count). The molecular formula is C12H12O2. The predicted octanol–water partition coefficient (Wildman–Crippen LogP) is 1.94. The highest BCUT2D eigenvalue weighted by Gasteiger charge is 1.96. The first-order valence-electron chi connectivity index (χ1n) is 4.35. The first kappa shape index (κ1) is 10.3. The van der Waals surface area contributed by atoms with Crippen molar-refractivity contribution in [2.75, 3.05) is 7.11 Å². The largest absolute Gasteiger partial charge is 0.497 e. The number of rotatable bonds is 2. The maximum atomic E-state index is 10.1. The third kappa shape index (κ3) is 2.63. The number of aldehydes is 1. The van der Waals surface area contributed by atoms with E-state index < -0.39 is 0 Å². The molecule has 1 aromatic carbocycles. The van der Waals surface area contributed by atoms with Crippen molar-refractivity contribution >= 4 is 6.29 Å². The Labute approximate surface area is 83.9 Å². The summed E-state index contributed by atoms with van der Waals surface area (Å²) in [6, 6.07) is 5.71. The minimum Gasteiger partial charge on any atom is -0.497 e. The van der Waals surface area contributed by atoms with Crippen molar-refractivity contribution in [2.24, 2.45) is 0 Å². The molecule has 1 aromatic rings. The normalized spacial score (nSPS) is 8.71. The van der Waals surface area contributed by atoms with E-state index in [2.05, 4.69) is 11.8 Å². The summed E-state index contributed by atoms with van der Waals surface area (Å²) >= 11 is 0. The molecule has 0 radical (unpaired) electrons. The minimum atomic E-state index is 0.274. The first-order chi connectivity index (χ1) is 6.77. The van der Waals surface area contributed by atoms with Gasteiger partial charge in [-0.05, 0) is 24.6 Å². The Bertz CT molecular complexity index is 383. The van der Waals surface area contributed by atoms with Gasteiger partial charge in [0.05, 0.1) is 13.5 Å². The number of hydrogen-bond donors (Lipinski definition) is 0. The molecule has 0 aliphatic rings. The second-order valence-corrected chi connectivity index (χ2v) is 2.85. The zero-order valence-corrected chi connectivity index (χ0v) is 8.33. The Balaban J connectivity index is 2.96. The number of ether oxygens (including phenoxy) is 1. The summed E-state index contributed by atoms with van der Waals surface area (Å²) in [6.07, 6.45) is 1.07. The molecule has 2 nitrogen and oxygen atoms in total. The summed E-state index contributed by atoms with van der Waals surface area (Å²) < 4.78 is 5.08. The Morgan fingerprint density at radius 3 is 2.93 bits per heavy atom. The van der Waals surface area contributed by atoms with Gasteiger partial charge in [-0.2, -0.15) is 0 Å². The van der Waals surface area contributed by atoms with Gasteiger partial charge in [-0.25, -0.2) is 0 Å². The van der Waals surface area contributed by atoms with Crippen LogP contribution in [0.3, 0.4) is 0 Å².